The predicted molar refractivity (Wildman–Crippen MR) is 89.2 cm³/mol. The van der Waals surface area contributed by atoms with E-state index in [-0.39, 0.29) is 17.5 Å². The molecule has 2 aromatic rings. The van der Waals surface area contributed by atoms with Gasteiger partial charge in [-0.3, -0.25) is 10.1 Å². The maximum Gasteiger partial charge on any atom is 0.269 e. The first-order valence-electron chi connectivity index (χ1n) is 7.88. The van der Waals surface area contributed by atoms with E-state index in [4.69, 9.17) is 4.74 Å². The number of hydrogen-bond donors (Lipinski definition) is 1. The summed E-state index contributed by atoms with van der Waals surface area (Å²) >= 11 is 0. The number of nitrogens with one attached hydrogen (secondary N) is 1. The number of nitro benzene ring substituents is 1. The minimum Gasteiger partial charge on any atom is -0.356 e. The maximum absolute atomic E-state index is 10.8. The molecular weight excluding hydrogens is 292 g/mol. The fourth-order valence-corrected chi connectivity index (χ4v) is 3.19. The van der Waals surface area contributed by atoms with Crippen molar-refractivity contribution in [3.05, 3.63) is 69.8 Å². The van der Waals surface area contributed by atoms with Gasteiger partial charge in [-0.15, -0.1) is 0 Å². The summed E-state index contributed by atoms with van der Waals surface area (Å²) in [7, 11) is 0. The highest BCUT2D eigenvalue weighted by atomic mass is 16.6. The maximum atomic E-state index is 10.8. The van der Waals surface area contributed by atoms with Crippen molar-refractivity contribution in [1.29, 1.82) is 0 Å². The first-order valence-corrected chi connectivity index (χ1v) is 7.88. The van der Waals surface area contributed by atoms with Gasteiger partial charge in [-0.05, 0) is 31.0 Å². The third-order valence-corrected chi connectivity index (χ3v) is 4.60. The van der Waals surface area contributed by atoms with E-state index in [2.05, 4.69) is 31.3 Å². The van der Waals surface area contributed by atoms with Crippen LogP contribution in [0.15, 0.2) is 48.5 Å². The second-order valence-electron chi connectivity index (χ2n) is 5.74. The molecule has 1 heterocycles. The SMILES string of the molecule is CCC1(CC)O[C@H](c2ccc([N+](=O)[O-])cc2)Nc2ccccc21. The van der Waals surface area contributed by atoms with E-state index in [1.165, 1.54) is 17.7 Å². The molecule has 0 unspecified atom stereocenters. The van der Waals surface area contributed by atoms with E-state index >= 15 is 0 Å². The Labute approximate surface area is 135 Å². The van der Waals surface area contributed by atoms with Crippen LogP contribution >= 0.6 is 0 Å². The van der Waals surface area contributed by atoms with Gasteiger partial charge in [0, 0.05) is 28.9 Å². The molecular formula is C18H20N2O3. The van der Waals surface area contributed by atoms with Crippen LogP contribution in [0.3, 0.4) is 0 Å². The van der Waals surface area contributed by atoms with E-state index < -0.39 is 4.92 Å². The van der Waals surface area contributed by atoms with Gasteiger partial charge in [0.2, 0.25) is 0 Å². The summed E-state index contributed by atoms with van der Waals surface area (Å²) in [6.45, 7) is 4.25. The molecule has 1 aliphatic heterocycles. The molecule has 0 spiro atoms. The largest absolute Gasteiger partial charge is 0.356 e. The van der Waals surface area contributed by atoms with Gasteiger partial charge in [0.25, 0.3) is 5.69 Å². The van der Waals surface area contributed by atoms with Gasteiger partial charge in [0.1, 0.15) is 0 Å². The van der Waals surface area contributed by atoms with Crippen LogP contribution in [-0.4, -0.2) is 4.92 Å². The highest BCUT2D eigenvalue weighted by molar-refractivity contribution is 5.57. The molecule has 0 radical (unpaired) electrons. The Bertz CT molecular complexity index is 708. The fourth-order valence-electron chi connectivity index (χ4n) is 3.19. The van der Waals surface area contributed by atoms with Crippen LogP contribution in [0.4, 0.5) is 11.4 Å². The van der Waals surface area contributed by atoms with Crippen molar-refractivity contribution < 1.29 is 9.66 Å². The number of benzene rings is 2. The number of fused-ring (bicyclic) bond motifs is 1. The molecule has 0 amide bonds. The summed E-state index contributed by atoms with van der Waals surface area (Å²) in [6, 6.07) is 14.7. The molecule has 0 bridgehead atoms. The summed E-state index contributed by atoms with van der Waals surface area (Å²) < 4.78 is 6.40. The van der Waals surface area contributed by atoms with Crippen LogP contribution in [0.25, 0.3) is 0 Å². The first-order chi connectivity index (χ1) is 11.1. The number of para-hydroxylation sites is 1. The number of non-ortho nitro benzene ring substituents is 1. The fraction of sp³-hybridized carbons (Fsp3) is 0.333. The molecule has 1 N–H and O–H groups in total. The minimum atomic E-state index is -0.392. The van der Waals surface area contributed by atoms with Crippen LogP contribution in [0.2, 0.25) is 0 Å². The molecule has 2 aromatic carbocycles. The zero-order valence-electron chi connectivity index (χ0n) is 13.3. The van der Waals surface area contributed by atoms with Gasteiger partial charge in [-0.2, -0.15) is 0 Å². The first kappa shape index (κ1) is 15.5. The third-order valence-electron chi connectivity index (χ3n) is 4.60. The van der Waals surface area contributed by atoms with E-state index in [1.807, 2.05) is 12.1 Å². The monoisotopic (exact) mass is 312 g/mol. The molecule has 0 aliphatic carbocycles. The van der Waals surface area contributed by atoms with Gasteiger partial charge >= 0.3 is 0 Å². The summed E-state index contributed by atoms with van der Waals surface area (Å²) in [4.78, 5) is 10.4. The Kier molecular flexibility index (Phi) is 4.05. The van der Waals surface area contributed by atoms with Crippen LogP contribution < -0.4 is 5.32 Å². The van der Waals surface area contributed by atoms with Crippen LogP contribution in [0, 0.1) is 10.1 Å². The molecule has 3 rings (SSSR count). The summed E-state index contributed by atoms with van der Waals surface area (Å²) in [5.74, 6) is 0. The Morgan fingerprint density at radius 1 is 1.13 bits per heavy atom. The molecule has 0 saturated heterocycles. The Morgan fingerprint density at radius 2 is 1.78 bits per heavy atom. The Hall–Kier alpha value is -2.40. The standard InChI is InChI=1S/C18H20N2O3/c1-3-18(4-2)15-7-5-6-8-16(15)19-17(23-18)13-9-11-14(12-10-13)20(21)22/h5-12,17,19H,3-4H2,1-2H3/t17-/m1/s1. The van der Waals surface area contributed by atoms with Crippen LogP contribution in [0.5, 0.6) is 0 Å². The predicted octanol–water partition coefficient (Wildman–Crippen LogP) is 4.75. The molecule has 0 saturated carbocycles. The molecule has 0 fully saturated rings. The number of nitrogens with zero attached hydrogens (tertiary/aromatic N) is 1. The third kappa shape index (κ3) is 2.68. The van der Waals surface area contributed by atoms with E-state index in [0.29, 0.717) is 0 Å². The lowest BCUT2D eigenvalue weighted by Gasteiger charge is -2.43. The number of hydrogen-bond acceptors (Lipinski definition) is 4. The number of anilines is 1. The van der Waals surface area contributed by atoms with E-state index in [9.17, 15) is 10.1 Å². The zero-order chi connectivity index (χ0) is 16.4. The summed E-state index contributed by atoms with van der Waals surface area (Å²) in [5, 5.41) is 14.2. The highest BCUT2D eigenvalue weighted by Gasteiger charge is 2.39. The van der Waals surface area contributed by atoms with Crippen LogP contribution in [0.1, 0.15) is 44.0 Å². The second kappa shape index (κ2) is 6.01. The molecule has 23 heavy (non-hydrogen) atoms. The Balaban J connectivity index is 1.98. The second-order valence-corrected chi connectivity index (χ2v) is 5.74. The molecule has 120 valence electrons. The number of ether oxygens (including phenoxy) is 1. The molecule has 5 nitrogen and oxygen atoms in total. The van der Waals surface area contributed by atoms with Gasteiger partial charge in [-0.1, -0.05) is 32.0 Å². The van der Waals surface area contributed by atoms with E-state index in [1.54, 1.807) is 12.1 Å². The van der Waals surface area contributed by atoms with Crippen molar-refractivity contribution in [2.45, 2.75) is 38.5 Å². The Morgan fingerprint density at radius 3 is 2.39 bits per heavy atom. The van der Waals surface area contributed by atoms with Crippen molar-refractivity contribution in [3.8, 4) is 0 Å². The molecule has 0 aromatic heterocycles. The van der Waals surface area contributed by atoms with Gasteiger partial charge in [0.15, 0.2) is 6.23 Å². The van der Waals surface area contributed by atoms with Gasteiger partial charge in [0.05, 0.1) is 10.5 Å². The number of rotatable bonds is 4. The topological polar surface area (TPSA) is 64.4 Å². The average Bonchev–Trinajstić information content (AvgIpc) is 2.60. The van der Waals surface area contributed by atoms with Gasteiger partial charge < -0.3 is 10.1 Å². The summed E-state index contributed by atoms with van der Waals surface area (Å²) in [6.07, 6.45) is 1.42. The summed E-state index contributed by atoms with van der Waals surface area (Å²) in [5.41, 5.74) is 2.86. The van der Waals surface area contributed by atoms with Crippen LogP contribution in [-0.2, 0) is 10.3 Å². The zero-order valence-corrected chi connectivity index (χ0v) is 13.3. The molecule has 1 aliphatic rings. The van der Waals surface area contributed by atoms with Crippen molar-refractivity contribution >= 4 is 11.4 Å². The van der Waals surface area contributed by atoms with E-state index in [0.717, 1.165) is 24.1 Å². The lowest BCUT2D eigenvalue weighted by atomic mass is 9.85. The van der Waals surface area contributed by atoms with Crippen molar-refractivity contribution in [3.63, 3.8) is 0 Å². The van der Waals surface area contributed by atoms with Crippen molar-refractivity contribution in [2.24, 2.45) is 0 Å². The van der Waals surface area contributed by atoms with Gasteiger partial charge in [-0.25, -0.2) is 0 Å². The van der Waals surface area contributed by atoms with Crippen molar-refractivity contribution in [2.75, 3.05) is 5.32 Å². The molecule has 5 heteroatoms. The lowest BCUT2D eigenvalue weighted by molar-refractivity contribution is -0.384. The highest BCUT2D eigenvalue weighted by Crippen LogP contribution is 2.45. The average molecular weight is 312 g/mol. The smallest absolute Gasteiger partial charge is 0.269 e. The quantitative estimate of drug-likeness (QED) is 0.653. The van der Waals surface area contributed by atoms with Crippen molar-refractivity contribution in [1.82, 2.24) is 0 Å². The minimum absolute atomic E-state index is 0.0854. The number of nitro groups is 1. The lowest BCUT2D eigenvalue weighted by Crippen LogP contribution is -2.37. The molecule has 1 atom stereocenters. The normalized spacial score (nSPS) is 18.8.